The van der Waals surface area contributed by atoms with Crippen LogP contribution >= 0.6 is 12.2 Å². The summed E-state index contributed by atoms with van der Waals surface area (Å²) in [4.78, 5) is 18.6. The normalized spacial score (nSPS) is 16.9. The summed E-state index contributed by atoms with van der Waals surface area (Å²) in [5.74, 6) is 0.552. The van der Waals surface area contributed by atoms with E-state index in [2.05, 4.69) is 21.3 Å². The number of nitrogens with zero attached hydrogens (tertiary/aromatic N) is 2. The summed E-state index contributed by atoms with van der Waals surface area (Å²) in [6.45, 7) is 0.834. The monoisotopic (exact) mass is 381 g/mol. The van der Waals surface area contributed by atoms with Gasteiger partial charge in [-0.25, -0.2) is 0 Å². The van der Waals surface area contributed by atoms with Crippen LogP contribution in [0.25, 0.3) is 6.08 Å². The second-order valence-electron chi connectivity index (χ2n) is 6.39. The molecule has 2 heterocycles. The largest absolute Gasteiger partial charge is 0.497 e. The molecule has 1 amide bonds. The van der Waals surface area contributed by atoms with Gasteiger partial charge in [0, 0.05) is 25.0 Å². The number of pyridine rings is 1. The zero-order valence-electron chi connectivity index (χ0n) is 15.3. The van der Waals surface area contributed by atoms with Gasteiger partial charge in [-0.2, -0.15) is 0 Å². The smallest absolute Gasteiger partial charge is 0.250 e. The Kier molecular flexibility index (Phi) is 6.54. The lowest BCUT2D eigenvalue weighted by Gasteiger charge is -2.37. The third-order valence-electron chi connectivity index (χ3n) is 4.61. The van der Waals surface area contributed by atoms with Gasteiger partial charge in [-0.3, -0.25) is 15.1 Å². The molecule has 0 unspecified atom stereocenters. The van der Waals surface area contributed by atoms with Crippen molar-refractivity contribution in [1.82, 2.24) is 15.2 Å². The fourth-order valence-electron chi connectivity index (χ4n) is 3.20. The Morgan fingerprint density at radius 3 is 2.81 bits per heavy atom. The van der Waals surface area contributed by atoms with Crippen molar-refractivity contribution >= 4 is 29.3 Å². The molecule has 1 aliphatic heterocycles. The first-order chi connectivity index (χ1) is 13.2. The number of aromatic nitrogens is 1. The Hall–Kier alpha value is -2.73. The van der Waals surface area contributed by atoms with Crippen LogP contribution in [-0.2, 0) is 4.79 Å². The van der Waals surface area contributed by atoms with E-state index in [1.165, 1.54) is 6.08 Å². The average molecular weight is 382 g/mol. The van der Waals surface area contributed by atoms with E-state index in [1.54, 1.807) is 19.4 Å². The van der Waals surface area contributed by atoms with E-state index in [-0.39, 0.29) is 11.9 Å². The summed E-state index contributed by atoms with van der Waals surface area (Å²) in [6.07, 6.45) is 10.1. The molecule has 0 spiro atoms. The van der Waals surface area contributed by atoms with Crippen LogP contribution in [0.1, 0.15) is 36.4 Å². The highest BCUT2D eigenvalue weighted by Crippen LogP contribution is 2.30. The zero-order chi connectivity index (χ0) is 19.1. The molecule has 3 rings (SSSR count). The molecular weight excluding hydrogens is 358 g/mol. The minimum Gasteiger partial charge on any atom is -0.497 e. The minimum atomic E-state index is -0.230. The molecule has 0 saturated carbocycles. The topological polar surface area (TPSA) is 54.5 Å². The minimum absolute atomic E-state index is 0.158. The number of carbonyl (C=O) groups excluding carboxylic acids is 1. The number of carbonyl (C=O) groups is 1. The number of benzene rings is 1. The van der Waals surface area contributed by atoms with Crippen LogP contribution in [0.3, 0.4) is 0 Å². The molecule has 27 heavy (non-hydrogen) atoms. The average Bonchev–Trinajstić information content (AvgIpc) is 2.73. The van der Waals surface area contributed by atoms with Crippen molar-refractivity contribution in [2.45, 2.75) is 25.3 Å². The third-order valence-corrected chi connectivity index (χ3v) is 4.94. The molecule has 1 aromatic heterocycles. The molecule has 1 saturated heterocycles. The first-order valence-corrected chi connectivity index (χ1v) is 9.42. The Balaban J connectivity index is 1.62. The molecule has 1 atom stereocenters. The molecule has 0 bridgehead atoms. The van der Waals surface area contributed by atoms with E-state index in [0.717, 1.165) is 42.7 Å². The van der Waals surface area contributed by atoms with E-state index < -0.39 is 0 Å². The van der Waals surface area contributed by atoms with Gasteiger partial charge in [0.25, 0.3) is 0 Å². The molecule has 1 aromatic carbocycles. The van der Waals surface area contributed by atoms with Crippen LogP contribution in [-0.4, -0.2) is 34.6 Å². The molecular formula is C21H23N3O2S. The molecule has 1 aliphatic rings. The van der Waals surface area contributed by atoms with Crippen LogP contribution in [0.5, 0.6) is 5.75 Å². The highest BCUT2D eigenvalue weighted by atomic mass is 32.1. The molecule has 6 heteroatoms. The maximum atomic E-state index is 12.3. The van der Waals surface area contributed by atoms with Gasteiger partial charge in [0.2, 0.25) is 5.91 Å². The predicted molar refractivity (Wildman–Crippen MR) is 110 cm³/mol. The number of ether oxygens (including phenoxy) is 1. The fraction of sp³-hybridized carbons (Fsp3) is 0.286. The zero-order valence-corrected chi connectivity index (χ0v) is 16.1. The number of methoxy groups -OCH3 is 1. The number of hydrogen-bond acceptors (Lipinski definition) is 4. The number of rotatable bonds is 4. The van der Waals surface area contributed by atoms with Gasteiger partial charge >= 0.3 is 0 Å². The summed E-state index contributed by atoms with van der Waals surface area (Å²) >= 11 is 5.51. The van der Waals surface area contributed by atoms with Crippen LogP contribution in [0.15, 0.2) is 54.9 Å². The Bertz CT molecular complexity index is 806. The lowest BCUT2D eigenvalue weighted by molar-refractivity contribution is -0.115. The summed E-state index contributed by atoms with van der Waals surface area (Å²) in [6, 6.07) is 11.6. The highest BCUT2D eigenvalue weighted by Gasteiger charge is 2.26. The summed E-state index contributed by atoms with van der Waals surface area (Å²) in [7, 11) is 1.62. The fourth-order valence-corrected chi connectivity index (χ4v) is 3.52. The maximum Gasteiger partial charge on any atom is 0.250 e. The van der Waals surface area contributed by atoms with Crippen molar-refractivity contribution in [1.29, 1.82) is 0 Å². The molecule has 0 aliphatic carbocycles. The number of amides is 1. The van der Waals surface area contributed by atoms with Crippen molar-refractivity contribution in [2.24, 2.45) is 0 Å². The number of piperidine rings is 1. The quantitative estimate of drug-likeness (QED) is 0.646. The van der Waals surface area contributed by atoms with Crippen LogP contribution in [0.4, 0.5) is 0 Å². The van der Waals surface area contributed by atoms with Gasteiger partial charge in [-0.1, -0.05) is 18.2 Å². The molecule has 140 valence electrons. The van der Waals surface area contributed by atoms with E-state index >= 15 is 0 Å². The molecule has 0 radical (unpaired) electrons. The number of thiocarbonyl (C=S) groups is 1. The van der Waals surface area contributed by atoms with Gasteiger partial charge < -0.3 is 9.64 Å². The van der Waals surface area contributed by atoms with Crippen LogP contribution in [0.2, 0.25) is 0 Å². The van der Waals surface area contributed by atoms with Crippen molar-refractivity contribution in [2.75, 3.05) is 13.7 Å². The number of likely N-dealkylation sites (tertiary alicyclic amines) is 1. The van der Waals surface area contributed by atoms with Gasteiger partial charge in [-0.15, -0.1) is 0 Å². The first kappa shape index (κ1) is 19.0. The molecule has 1 fully saturated rings. The molecule has 5 nitrogen and oxygen atoms in total. The summed E-state index contributed by atoms with van der Waals surface area (Å²) in [5, 5.41) is 3.29. The molecule has 1 N–H and O–H groups in total. The summed E-state index contributed by atoms with van der Waals surface area (Å²) in [5.41, 5.74) is 2.05. The van der Waals surface area contributed by atoms with Gasteiger partial charge in [-0.05, 0) is 66.9 Å². The number of hydrogen-bond donors (Lipinski definition) is 1. The third kappa shape index (κ3) is 5.14. The summed E-state index contributed by atoms with van der Waals surface area (Å²) < 4.78 is 5.13. The predicted octanol–water partition coefficient (Wildman–Crippen LogP) is 3.73. The SMILES string of the molecule is COc1ccc(/C=C/C(=O)NC(=S)N2CCCC[C@H]2c2cccnc2)cc1. The Labute approximate surface area is 165 Å². The van der Waals surface area contributed by atoms with E-state index in [0.29, 0.717) is 5.11 Å². The van der Waals surface area contributed by atoms with E-state index in [1.807, 2.05) is 36.5 Å². The van der Waals surface area contributed by atoms with Gasteiger partial charge in [0.15, 0.2) is 5.11 Å². The lowest BCUT2D eigenvalue weighted by atomic mass is 9.97. The van der Waals surface area contributed by atoms with Gasteiger partial charge in [0.1, 0.15) is 5.75 Å². The second kappa shape index (κ2) is 9.28. The van der Waals surface area contributed by atoms with Crippen molar-refractivity contribution in [3.63, 3.8) is 0 Å². The standard InChI is InChI=1S/C21H23N3O2S/c1-26-18-10-7-16(8-11-18)9-12-20(25)23-21(27)24-14-3-2-6-19(24)17-5-4-13-22-15-17/h4-5,7-13,15,19H,2-3,6,14H2,1H3,(H,23,25,27)/b12-9+/t19-/m0/s1. The van der Waals surface area contributed by atoms with Crippen molar-refractivity contribution in [3.8, 4) is 5.75 Å². The van der Waals surface area contributed by atoms with Crippen molar-refractivity contribution < 1.29 is 9.53 Å². The maximum absolute atomic E-state index is 12.3. The Morgan fingerprint density at radius 1 is 1.30 bits per heavy atom. The first-order valence-electron chi connectivity index (χ1n) is 9.01. The van der Waals surface area contributed by atoms with E-state index in [4.69, 9.17) is 17.0 Å². The van der Waals surface area contributed by atoms with E-state index in [9.17, 15) is 4.79 Å². The second-order valence-corrected chi connectivity index (χ2v) is 6.78. The number of nitrogens with one attached hydrogen (secondary N) is 1. The molecule has 2 aromatic rings. The van der Waals surface area contributed by atoms with Crippen LogP contribution < -0.4 is 10.1 Å². The van der Waals surface area contributed by atoms with Crippen molar-refractivity contribution in [3.05, 3.63) is 66.0 Å². The van der Waals surface area contributed by atoms with Crippen LogP contribution in [0, 0.1) is 0 Å². The lowest BCUT2D eigenvalue weighted by Crippen LogP contribution is -2.46. The highest BCUT2D eigenvalue weighted by molar-refractivity contribution is 7.80. The van der Waals surface area contributed by atoms with Gasteiger partial charge in [0.05, 0.1) is 13.2 Å². The Morgan fingerprint density at radius 2 is 2.11 bits per heavy atom.